The second-order valence-electron chi connectivity index (χ2n) is 9.26. The van der Waals surface area contributed by atoms with Crippen molar-refractivity contribution in [3.05, 3.63) is 83.4 Å². The summed E-state index contributed by atoms with van der Waals surface area (Å²) in [6, 6.07) is 22.9. The highest BCUT2D eigenvalue weighted by Gasteiger charge is 2.38. The Bertz CT molecular complexity index is 1170. The van der Waals surface area contributed by atoms with E-state index in [4.69, 9.17) is 4.74 Å². The molecule has 3 aromatic rings. The maximum atomic E-state index is 12.8. The molecule has 0 saturated carbocycles. The van der Waals surface area contributed by atoms with Crippen molar-refractivity contribution < 1.29 is 14.3 Å². The highest BCUT2D eigenvalue weighted by molar-refractivity contribution is 5.86. The fourth-order valence-electron chi connectivity index (χ4n) is 5.29. The Kier molecular flexibility index (Phi) is 6.14. The molecule has 1 fully saturated rings. The van der Waals surface area contributed by atoms with Gasteiger partial charge in [-0.25, -0.2) is 0 Å². The van der Waals surface area contributed by atoms with E-state index in [9.17, 15) is 9.59 Å². The molecule has 5 rings (SSSR count). The summed E-state index contributed by atoms with van der Waals surface area (Å²) in [6.45, 7) is 1.15. The SMILES string of the molecule is O=C(CC[C@]1(Cc2cccc3ccccc23)CCC(=O)N1)NC[C@H]1OCCc2ccccc21. The lowest BCUT2D eigenvalue weighted by molar-refractivity contribution is -0.123. The van der Waals surface area contributed by atoms with Crippen LogP contribution >= 0.6 is 0 Å². The fourth-order valence-corrected chi connectivity index (χ4v) is 5.29. The zero-order valence-electron chi connectivity index (χ0n) is 18.8. The minimum atomic E-state index is -0.382. The Morgan fingerprint density at radius 3 is 2.73 bits per heavy atom. The first-order valence-electron chi connectivity index (χ1n) is 11.9. The summed E-state index contributed by atoms with van der Waals surface area (Å²) in [4.78, 5) is 24.9. The van der Waals surface area contributed by atoms with Gasteiger partial charge in [0.1, 0.15) is 6.10 Å². The Morgan fingerprint density at radius 1 is 1.03 bits per heavy atom. The Labute approximate surface area is 194 Å². The maximum Gasteiger partial charge on any atom is 0.220 e. The largest absolute Gasteiger partial charge is 0.371 e. The molecule has 0 aliphatic carbocycles. The van der Waals surface area contributed by atoms with E-state index in [0.29, 0.717) is 32.4 Å². The lowest BCUT2D eigenvalue weighted by Crippen LogP contribution is -2.44. The van der Waals surface area contributed by atoms with Crippen LogP contribution < -0.4 is 10.6 Å². The van der Waals surface area contributed by atoms with Crippen molar-refractivity contribution in [2.75, 3.05) is 13.2 Å². The Hall–Kier alpha value is -3.18. The monoisotopic (exact) mass is 442 g/mol. The number of nitrogens with one attached hydrogen (secondary N) is 2. The topological polar surface area (TPSA) is 67.4 Å². The van der Waals surface area contributed by atoms with Gasteiger partial charge in [0.05, 0.1) is 6.61 Å². The van der Waals surface area contributed by atoms with E-state index in [2.05, 4.69) is 53.1 Å². The van der Waals surface area contributed by atoms with Crippen molar-refractivity contribution in [2.24, 2.45) is 0 Å². The van der Waals surface area contributed by atoms with E-state index < -0.39 is 0 Å². The predicted molar refractivity (Wildman–Crippen MR) is 129 cm³/mol. The summed E-state index contributed by atoms with van der Waals surface area (Å²) in [7, 11) is 0. The molecule has 2 aliphatic rings. The average Bonchev–Trinajstić information content (AvgIpc) is 3.22. The molecule has 2 amide bonds. The number of hydrogen-bond acceptors (Lipinski definition) is 3. The third-order valence-corrected chi connectivity index (χ3v) is 7.05. The normalized spacial score (nSPS) is 22.1. The molecule has 170 valence electrons. The molecule has 0 aromatic heterocycles. The van der Waals surface area contributed by atoms with Crippen LogP contribution in [-0.4, -0.2) is 30.5 Å². The van der Waals surface area contributed by atoms with Crippen molar-refractivity contribution in [3.63, 3.8) is 0 Å². The van der Waals surface area contributed by atoms with Crippen LogP contribution in [0.3, 0.4) is 0 Å². The third kappa shape index (κ3) is 4.79. The smallest absolute Gasteiger partial charge is 0.220 e. The number of ether oxygens (including phenoxy) is 1. The van der Waals surface area contributed by atoms with Gasteiger partial charge in [-0.15, -0.1) is 0 Å². The molecule has 1 saturated heterocycles. The molecule has 2 aliphatic heterocycles. The standard InChI is InChI=1S/C28H30N2O3/c31-26(29-19-25-24-11-4-2-7-21(24)14-17-33-25)12-15-28(16-13-27(32)30-28)18-22-9-5-8-20-6-1-3-10-23(20)22/h1-11,25H,12-19H2,(H,29,31)(H,30,32)/t25-,28-/m1/s1. The van der Waals surface area contributed by atoms with Gasteiger partial charge in [-0.05, 0) is 53.1 Å². The zero-order chi connectivity index (χ0) is 22.7. The average molecular weight is 443 g/mol. The first kappa shape index (κ1) is 21.7. The first-order chi connectivity index (χ1) is 16.1. The molecule has 33 heavy (non-hydrogen) atoms. The van der Waals surface area contributed by atoms with Crippen LogP contribution in [0, 0.1) is 0 Å². The number of fused-ring (bicyclic) bond motifs is 2. The van der Waals surface area contributed by atoms with Crippen LogP contribution in [0.2, 0.25) is 0 Å². The van der Waals surface area contributed by atoms with Gasteiger partial charge >= 0.3 is 0 Å². The summed E-state index contributed by atoms with van der Waals surface area (Å²) in [6.07, 6.45) is 3.80. The molecule has 0 bridgehead atoms. The van der Waals surface area contributed by atoms with Crippen molar-refractivity contribution in [1.82, 2.24) is 10.6 Å². The van der Waals surface area contributed by atoms with Crippen LogP contribution in [-0.2, 0) is 27.2 Å². The summed E-state index contributed by atoms with van der Waals surface area (Å²) in [5, 5.41) is 8.67. The Balaban J connectivity index is 1.24. The molecule has 2 N–H and O–H groups in total. The van der Waals surface area contributed by atoms with Crippen molar-refractivity contribution in [1.29, 1.82) is 0 Å². The van der Waals surface area contributed by atoms with Gasteiger partial charge in [-0.1, -0.05) is 66.7 Å². The van der Waals surface area contributed by atoms with Gasteiger partial charge in [0.2, 0.25) is 11.8 Å². The summed E-state index contributed by atoms with van der Waals surface area (Å²) < 4.78 is 5.91. The van der Waals surface area contributed by atoms with Crippen molar-refractivity contribution >= 4 is 22.6 Å². The van der Waals surface area contributed by atoms with E-state index in [1.54, 1.807) is 0 Å². The van der Waals surface area contributed by atoms with Crippen LogP contribution in [0.4, 0.5) is 0 Å². The highest BCUT2D eigenvalue weighted by Crippen LogP contribution is 2.32. The summed E-state index contributed by atoms with van der Waals surface area (Å²) in [5.74, 6) is 0.0722. The number of rotatable bonds is 7. The second-order valence-corrected chi connectivity index (χ2v) is 9.26. The van der Waals surface area contributed by atoms with E-state index in [1.165, 1.54) is 27.5 Å². The minimum absolute atomic E-state index is 0.0000910. The van der Waals surface area contributed by atoms with E-state index in [1.807, 2.05) is 24.3 Å². The lowest BCUT2D eigenvalue weighted by atomic mass is 9.83. The van der Waals surface area contributed by atoms with Gasteiger partial charge in [0.15, 0.2) is 0 Å². The van der Waals surface area contributed by atoms with Gasteiger partial charge in [0, 0.05) is 24.9 Å². The predicted octanol–water partition coefficient (Wildman–Crippen LogP) is 4.24. The van der Waals surface area contributed by atoms with Crippen LogP contribution in [0.25, 0.3) is 10.8 Å². The van der Waals surface area contributed by atoms with Crippen LogP contribution in [0.15, 0.2) is 66.7 Å². The Morgan fingerprint density at radius 2 is 1.85 bits per heavy atom. The zero-order valence-corrected chi connectivity index (χ0v) is 18.8. The van der Waals surface area contributed by atoms with E-state index in [0.717, 1.165) is 19.3 Å². The fraction of sp³-hybridized carbons (Fsp3) is 0.357. The van der Waals surface area contributed by atoms with E-state index >= 15 is 0 Å². The number of hydrogen-bond donors (Lipinski definition) is 2. The molecule has 0 unspecified atom stereocenters. The lowest BCUT2D eigenvalue weighted by Gasteiger charge is -2.30. The minimum Gasteiger partial charge on any atom is -0.371 e. The molecule has 0 radical (unpaired) electrons. The summed E-state index contributed by atoms with van der Waals surface area (Å²) >= 11 is 0. The second kappa shape index (κ2) is 9.36. The molecule has 0 spiro atoms. The first-order valence-corrected chi connectivity index (χ1v) is 11.9. The molecule has 2 heterocycles. The van der Waals surface area contributed by atoms with Crippen molar-refractivity contribution in [2.45, 2.75) is 50.2 Å². The highest BCUT2D eigenvalue weighted by atomic mass is 16.5. The molecule has 5 nitrogen and oxygen atoms in total. The number of benzene rings is 3. The van der Waals surface area contributed by atoms with E-state index in [-0.39, 0.29) is 23.5 Å². The quantitative estimate of drug-likeness (QED) is 0.575. The van der Waals surface area contributed by atoms with Gasteiger partial charge in [0.25, 0.3) is 0 Å². The number of carbonyl (C=O) groups excluding carboxylic acids is 2. The molecular weight excluding hydrogens is 412 g/mol. The van der Waals surface area contributed by atoms with Crippen molar-refractivity contribution in [3.8, 4) is 0 Å². The summed E-state index contributed by atoms with van der Waals surface area (Å²) in [5.41, 5.74) is 3.29. The van der Waals surface area contributed by atoms with Gasteiger partial charge < -0.3 is 15.4 Å². The molecule has 2 atom stereocenters. The van der Waals surface area contributed by atoms with Crippen LogP contribution in [0.1, 0.15) is 48.5 Å². The molecule has 5 heteroatoms. The number of amides is 2. The molecular formula is C28H30N2O3. The molecule has 3 aromatic carbocycles. The third-order valence-electron chi connectivity index (χ3n) is 7.05. The number of carbonyl (C=O) groups is 2. The van der Waals surface area contributed by atoms with Crippen LogP contribution in [0.5, 0.6) is 0 Å². The van der Waals surface area contributed by atoms with Gasteiger partial charge in [-0.2, -0.15) is 0 Å². The maximum absolute atomic E-state index is 12.8. The van der Waals surface area contributed by atoms with Gasteiger partial charge in [-0.3, -0.25) is 9.59 Å².